The summed E-state index contributed by atoms with van der Waals surface area (Å²) in [6.07, 6.45) is -0.980. The maximum atomic E-state index is 11.2. The lowest BCUT2D eigenvalue weighted by Gasteiger charge is -2.02. The SMILES string of the molecule is N#CC(=NOC(=O)Nc1cccc(Cl)c1)C(N)=O. The quantitative estimate of drug-likeness (QED) is 0.486. The third-order valence-electron chi connectivity index (χ3n) is 1.63. The fourth-order valence-electron chi connectivity index (χ4n) is 0.915. The highest BCUT2D eigenvalue weighted by Gasteiger charge is 2.09. The van der Waals surface area contributed by atoms with Crippen LogP contribution in [0.1, 0.15) is 0 Å². The molecule has 0 spiro atoms. The fraction of sp³-hybridized carbons (Fsp3) is 0. The van der Waals surface area contributed by atoms with Crippen LogP contribution in [0.2, 0.25) is 5.02 Å². The van der Waals surface area contributed by atoms with E-state index in [1.165, 1.54) is 12.1 Å². The number of nitrogens with zero attached hydrogens (tertiary/aromatic N) is 2. The Morgan fingerprint density at radius 3 is 2.78 bits per heavy atom. The first-order valence-corrected chi connectivity index (χ1v) is 4.92. The van der Waals surface area contributed by atoms with E-state index in [1.807, 2.05) is 0 Å². The van der Waals surface area contributed by atoms with Crippen molar-refractivity contribution >= 4 is 35.0 Å². The van der Waals surface area contributed by atoms with Gasteiger partial charge in [0.2, 0.25) is 5.71 Å². The molecule has 0 atom stereocenters. The predicted octanol–water partition coefficient (Wildman–Crippen LogP) is 1.25. The van der Waals surface area contributed by atoms with Gasteiger partial charge in [-0.15, -0.1) is 0 Å². The zero-order valence-corrected chi connectivity index (χ0v) is 9.64. The molecular weight excluding hydrogens is 260 g/mol. The zero-order valence-electron chi connectivity index (χ0n) is 8.88. The standard InChI is InChI=1S/C10H7ClN4O3/c11-6-2-1-3-7(4-6)14-10(17)18-15-8(5-12)9(13)16/h1-4H,(H2,13,16)(H,14,17). The average Bonchev–Trinajstić information content (AvgIpc) is 2.29. The molecule has 0 fully saturated rings. The summed E-state index contributed by atoms with van der Waals surface area (Å²) in [7, 11) is 0. The highest BCUT2D eigenvalue weighted by Crippen LogP contribution is 2.14. The third-order valence-corrected chi connectivity index (χ3v) is 1.87. The molecule has 0 unspecified atom stereocenters. The van der Waals surface area contributed by atoms with Crippen molar-refractivity contribution in [3.8, 4) is 6.07 Å². The highest BCUT2D eigenvalue weighted by atomic mass is 35.5. The van der Waals surface area contributed by atoms with Crippen LogP contribution >= 0.6 is 11.6 Å². The topological polar surface area (TPSA) is 118 Å². The van der Waals surface area contributed by atoms with E-state index < -0.39 is 17.7 Å². The van der Waals surface area contributed by atoms with Crippen LogP contribution in [-0.2, 0) is 9.63 Å². The molecule has 7 nitrogen and oxygen atoms in total. The van der Waals surface area contributed by atoms with E-state index in [-0.39, 0.29) is 0 Å². The van der Waals surface area contributed by atoms with Gasteiger partial charge in [0, 0.05) is 10.7 Å². The summed E-state index contributed by atoms with van der Waals surface area (Å²) in [4.78, 5) is 26.1. The van der Waals surface area contributed by atoms with Gasteiger partial charge in [-0.1, -0.05) is 22.8 Å². The molecule has 1 aromatic rings. The van der Waals surface area contributed by atoms with E-state index in [0.29, 0.717) is 10.7 Å². The molecule has 8 heteroatoms. The minimum Gasteiger partial charge on any atom is -0.364 e. The number of carbonyl (C=O) groups is 2. The van der Waals surface area contributed by atoms with Crippen LogP contribution in [0, 0.1) is 11.3 Å². The summed E-state index contributed by atoms with van der Waals surface area (Å²) in [6, 6.07) is 7.66. The summed E-state index contributed by atoms with van der Waals surface area (Å²) in [5.41, 5.74) is 4.45. The number of benzene rings is 1. The molecule has 0 saturated heterocycles. The molecule has 92 valence electrons. The molecular formula is C10H7ClN4O3. The number of rotatable bonds is 3. The minimum absolute atomic E-state index is 0.375. The van der Waals surface area contributed by atoms with Crippen molar-refractivity contribution in [2.45, 2.75) is 0 Å². The van der Waals surface area contributed by atoms with E-state index in [2.05, 4.69) is 15.3 Å². The molecule has 0 aliphatic carbocycles. The summed E-state index contributed by atoms with van der Waals surface area (Å²) < 4.78 is 0. The molecule has 18 heavy (non-hydrogen) atoms. The van der Waals surface area contributed by atoms with Gasteiger partial charge < -0.3 is 5.73 Å². The Morgan fingerprint density at radius 1 is 1.50 bits per heavy atom. The van der Waals surface area contributed by atoms with E-state index in [0.717, 1.165) is 0 Å². The Hall–Kier alpha value is -2.59. The Labute approximate surface area is 107 Å². The smallest absolute Gasteiger partial charge is 0.364 e. The van der Waals surface area contributed by atoms with Gasteiger partial charge in [-0.05, 0) is 18.2 Å². The van der Waals surface area contributed by atoms with Crippen molar-refractivity contribution in [2.24, 2.45) is 10.9 Å². The van der Waals surface area contributed by atoms with Gasteiger partial charge >= 0.3 is 6.09 Å². The van der Waals surface area contributed by atoms with Crippen molar-refractivity contribution in [2.75, 3.05) is 5.32 Å². The van der Waals surface area contributed by atoms with E-state index >= 15 is 0 Å². The lowest BCUT2D eigenvalue weighted by molar-refractivity contribution is -0.112. The summed E-state index contributed by atoms with van der Waals surface area (Å²) >= 11 is 5.70. The van der Waals surface area contributed by atoms with Crippen molar-refractivity contribution < 1.29 is 14.4 Å². The monoisotopic (exact) mass is 266 g/mol. The van der Waals surface area contributed by atoms with Crippen LogP contribution in [0.15, 0.2) is 29.4 Å². The van der Waals surface area contributed by atoms with Crippen molar-refractivity contribution in [3.63, 3.8) is 0 Å². The third kappa shape index (κ3) is 4.11. The number of nitrogens with two attached hydrogens (primary N) is 1. The number of nitrogens with one attached hydrogen (secondary N) is 1. The van der Waals surface area contributed by atoms with Gasteiger partial charge in [-0.25, -0.2) is 4.79 Å². The maximum Gasteiger partial charge on any atom is 0.437 e. The van der Waals surface area contributed by atoms with Gasteiger partial charge in [-0.3, -0.25) is 14.9 Å². The van der Waals surface area contributed by atoms with Gasteiger partial charge in [0.05, 0.1) is 0 Å². The Kier molecular flexibility index (Phi) is 4.66. The van der Waals surface area contributed by atoms with Gasteiger partial charge in [0.25, 0.3) is 5.91 Å². The van der Waals surface area contributed by atoms with Crippen molar-refractivity contribution in [3.05, 3.63) is 29.3 Å². The van der Waals surface area contributed by atoms with Gasteiger partial charge in [0.1, 0.15) is 6.07 Å². The van der Waals surface area contributed by atoms with E-state index in [9.17, 15) is 9.59 Å². The summed E-state index contributed by atoms with van der Waals surface area (Å²) in [5, 5.41) is 14.1. The number of amides is 2. The number of halogens is 1. The molecule has 0 saturated carbocycles. The van der Waals surface area contributed by atoms with Crippen molar-refractivity contribution in [1.29, 1.82) is 5.26 Å². The fourth-order valence-corrected chi connectivity index (χ4v) is 1.10. The van der Waals surface area contributed by atoms with Crippen molar-refractivity contribution in [1.82, 2.24) is 0 Å². The zero-order chi connectivity index (χ0) is 13.5. The molecule has 0 aliphatic rings. The minimum atomic E-state index is -1.09. The molecule has 3 N–H and O–H groups in total. The summed E-state index contributed by atoms with van der Waals surface area (Å²) in [5.74, 6) is -1.09. The maximum absolute atomic E-state index is 11.2. The summed E-state index contributed by atoms with van der Waals surface area (Å²) in [6.45, 7) is 0. The van der Waals surface area contributed by atoms with Gasteiger partial charge in [-0.2, -0.15) is 5.26 Å². The number of hydrogen-bond acceptors (Lipinski definition) is 5. The molecule has 1 rings (SSSR count). The van der Waals surface area contributed by atoms with Crippen LogP contribution < -0.4 is 11.1 Å². The molecule has 0 aliphatic heterocycles. The first-order chi connectivity index (χ1) is 8.52. The van der Waals surface area contributed by atoms with E-state index in [4.69, 9.17) is 22.6 Å². The lowest BCUT2D eigenvalue weighted by Crippen LogP contribution is -2.23. The van der Waals surface area contributed by atoms with E-state index in [1.54, 1.807) is 18.2 Å². The number of oxime groups is 1. The average molecular weight is 267 g/mol. The molecule has 2 amide bonds. The second-order valence-electron chi connectivity index (χ2n) is 2.93. The Morgan fingerprint density at radius 2 is 2.22 bits per heavy atom. The molecule has 0 heterocycles. The first-order valence-electron chi connectivity index (χ1n) is 4.54. The van der Waals surface area contributed by atoms with Gasteiger partial charge in [0.15, 0.2) is 0 Å². The Balaban J connectivity index is 2.63. The molecule has 0 bridgehead atoms. The highest BCUT2D eigenvalue weighted by molar-refractivity contribution is 6.44. The second kappa shape index (κ2) is 6.22. The largest absolute Gasteiger partial charge is 0.437 e. The lowest BCUT2D eigenvalue weighted by atomic mass is 10.3. The molecule has 0 aromatic heterocycles. The van der Waals surface area contributed by atoms with Crippen LogP contribution in [0.3, 0.4) is 0 Å². The normalized spacial score (nSPS) is 10.3. The number of hydrogen-bond donors (Lipinski definition) is 2. The second-order valence-corrected chi connectivity index (χ2v) is 3.37. The Bertz CT molecular complexity index is 550. The number of anilines is 1. The molecule has 1 aromatic carbocycles. The van der Waals surface area contributed by atoms with Crippen LogP contribution in [0.25, 0.3) is 0 Å². The first kappa shape index (κ1) is 13.5. The number of nitriles is 1. The number of primary amides is 1. The molecule has 0 radical (unpaired) electrons. The van der Waals surface area contributed by atoms with Crippen LogP contribution in [0.5, 0.6) is 0 Å². The van der Waals surface area contributed by atoms with Crippen LogP contribution in [-0.4, -0.2) is 17.7 Å². The number of carbonyl (C=O) groups excluding carboxylic acids is 2. The van der Waals surface area contributed by atoms with Crippen LogP contribution in [0.4, 0.5) is 10.5 Å². The predicted molar refractivity (Wildman–Crippen MR) is 63.8 cm³/mol.